The molecule has 0 amide bonds. The predicted octanol–water partition coefficient (Wildman–Crippen LogP) is 1.06. The van der Waals surface area contributed by atoms with Crippen LogP contribution < -0.4 is 10.6 Å². The lowest BCUT2D eigenvalue weighted by Gasteiger charge is -2.18. The molecule has 0 saturated carbocycles. The highest BCUT2D eigenvalue weighted by Gasteiger charge is 2.14. The van der Waals surface area contributed by atoms with Gasteiger partial charge in [0.1, 0.15) is 12.1 Å². The van der Waals surface area contributed by atoms with Crippen molar-refractivity contribution in [2.24, 2.45) is 0 Å². The Hall–Kier alpha value is -1.88. The van der Waals surface area contributed by atoms with E-state index < -0.39 is 0 Å². The van der Waals surface area contributed by atoms with Crippen LogP contribution in [0.2, 0.25) is 0 Å². The Morgan fingerprint density at radius 2 is 2.35 bits per heavy atom. The summed E-state index contributed by atoms with van der Waals surface area (Å²) in [6, 6.07) is 4.05. The Morgan fingerprint density at radius 1 is 1.35 bits per heavy atom. The lowest BCUT2D eigenvalue weighted by Crippen LogP contribution is -2.26. The van der Waals surface area contributed by atoms with E-state index >= 15 is 0 Å². The third-order valence-corrected chi connectivity index (χ3v) is 2.98. The summed E-state index contributed by atoms with van der Waals surface area (Å²) in [5.74, 6) is 0.941. The summed E-state index contributed by atoms with van der Waals surface area (Å²) in [6.45, 7) is 2.61. The van der Waals surface area contributed by atoms with Crippen LogP contribution in [0.15, 0.2) is 24.7 Å². The van der Waals surface area contributed by atoms with Gasteiger partial charge in [-0.2, -0.15) is 0 Å². The van der Waals surface area contributed by atoms with Crippen LogP contribution in [-0.4, -0.2) is 21.5 Å². The highest BCUT2D eigenvalue weighted by molar-refractivity contribution is 5.47. The molecule has 5 heteroatoms. The minimum Gasteiger partial charge on any atom is -0.364 e. The summed E-state index contributed by atoms with van der Waals surface area (Å²) in [5.41, 5.74) is 3.51. The monoisotopic (exact) mass is 229 g/mol. The molecule has 2 aromatic heterocycles. The first-order chi connectivity index (χ1) is 8.43. The topological polar surface area (TPSA) is 65.6 Å². The molecule has 0 radical (unpaired) electrons. The molecule has 88 valence electrons. The van der Waals surface area contributed by atoms with Crippen molar-refractivity contribution < 1.29 is 0 Å². The average molecular weight is 229 g/mol. The SMILES string of the molecule is c1c[nH]c(CNc2ncnc3c2CNCC3)c1. The zero-order chi connectivity index (χ0) is 11.5. The summed E-state index contributed by atoms with van der Waals surface area (Å²) < 4.78 is 0. The molecule has 0 aliphatic carbocycles. The van der Waals surface area contributed by atoms with Crippen LogP contribution in [0.5, 0.6) is 0 Å². The molecule has 0 bridgehead atoms. The maximum atomic E-state index is 4.33. The zero-order valence-corrected chi connectivity index (χ0v) is 9.53. The molecule has 0 saturated heterocycles. The summed E-state index contributed by atoms with van der Waals surface area (Å²) in [6.07, 6.45) is 4.55. The van der Waals surface area contributed by atoms with Gasteiger partial charge in [-0.15, -0.1) is 0 Å². The first kappa shape index (κ1) is 10.3. The Kier molecular flexibility index (Phi) is 2.75. The van der Waals surface area contributed by atoms with Gasteiger partial charge >= 0.3 is 0 Å². The first-order valence-corrected chi connectivity index (χ1v) is 5.83. The maximum absolute atomic E-state index is 4.33. The first-order valence-electron chi connectivity index (χ1n) is 5.83. The van der Waals surface area contributed by atoms with Crippen molar-refractivity contribution in [3.8, 4) is 0 Å². The van der Waals surface area contributed by atoms with Gasteiger partial charge in [-0.3, -0.25) is 0 Å². The third kappa shape index (κ3) is 2.14. The molecule has 0 atom stereocenters. The van der Waals surface area contributed by atoms with Gasteiger partial charge in [0.2, 0.25) is 0 Å². The van der Waals surface area contributed by atoms with E-state index in [1.807, 2.05) is 12.3 Å². The number of fused-ring (bicyclic) bond motifs is 1. The number of aromatic amines is 1. The number of aromatic nitrogens is 3. The third-order valence-electron chi connectivity index (χ3n) is 2.98. The second kappa shape index (κ2) is 4.55. The highest BCUT2D eigenvalue weighted by atomic mass is 15.0. The van der Waals surface area contributed by atoms with Crippen LogP contribution in [0.1, 0.15) is 17.0 Å². The molecule has 0 fully saturated rings. The van der Waals surface area contributed by atoms with Gasteiger partial charge < -0.3 is 15.6 Å². The number of nitrogens with zero attached hydrogens (tertiary/aromatic N) is 2. The molecule has 3 N–H and O–H groups in total. The van der Waals surface area contributed by atoms with Crippen molar-refractivity contribution >= 4 is 5.82 Å². The molecular formula is C12H15N5. The molecule has 1 aliphatic heterocycles. The number of nitrogens with one attached hydrogen (secondary N) is 3. The summed E-state index contributed by atoms with van der Waals surface area (Å²) in [4.78, 5) is 11.8. The Morgan fingerprint density at radius 3 is 3.24 bits per heavy atom. The minimum atomic E-state index is 0.760. The second-order valence-corrected chi connectivity index (χ2v) is 4.12. The predicted molar refractivity (Wildman–Crippen MR) is 65.6 cm³/mol. The summed E-state index contributed by atoms with van der Waals surface area (Å²) in [7, 11) is 0. The molecule has 0 aromatic carbocycles. The summed E-state index contributed by atoms with van der Waals surface area (Å²) >= 11 is 0. The standard InChI is InChI=1S/C12H15N5/c1-2-9(14-4-1)6-15-12-10-7-13-5-3-11(10)16-8-17-12/h1-2,4,8,13-14H,3,5-7H2,(H,15,16,17). The Balaban J connectivity index is 1.78. The van der Waals surface area contributed by atoms with Gasteiger partial charge in [0.25, 0.3) is 0 Å². The largest absolute Gasteiger partial charge is 0.364 e. The maximum Gasteiger partial charge on any atom is 0.134 e. The fourth-order valence-electron chi connectivity index (χ4n) is 2.08. The molecule has 1 aliphatic rings. The van der Waals surface area contributed by atoms with E-state index in [-0.39, 0.29) is 0 Å². The van der Waals surface area contributed by atoms with Crippen LogP contribution in [0.4, 0.5) is 5.82 Å². The van der Waals surface area contributed by atoms with Crippen LogP contribution in [0, 0.1) is 0 Å². The van der Waals surface area contributed by atoms with E-state index in [0.29, 0.717) is 0 Å². The zero-order valence-electron chi connectivity index (χ0n) is 9.53. The van der Waals surface area contributed by atoms with Gasteiger partial charge in [0, 0.05) is 37.0 Å². The van der Waals surface area contributed by atoms with Crippen molar-refractivity contribution in [2.75, 3.05) is 11.9 Å². The van der Waals surface area contributed by atoms with E-state index in [4.69, 9.17) is 0 Å². The fourth-order valence-corrected chi connectivity index (χ4v) is 2.08. The lowest BCUT2D eigenvalue weighted by atomic mass is 10.1. The number of anilines is 1. The average Bonchev–Trinajstić information content (AvgIpc) is 2.89. The van der Waals surface area contributed by atoms with Gasteiger partial charge in [0.05, 0.1) is 12.2 Å². The van der Waals surface area contributed by atoms with E-state index in [9.17, 15) is 0 Å². The summed E-state index contributed by atoms with van der Waals surface area (Å²) in [5, 5.41) is 6.70. The van der Waals surface area contributed by atoms with Crippen molar-refractivity contribution in [1.82, 2.24) is 20.3 Å². The molecule has 2 aromatic rings. The number of H-pyrrole nitrogens is 1. The molecule has 3 heterocycles. The molecule has 0 spiro atoms. The van der Waals surface area contributed by atoms with Gasteiger partial charge in [-0.1, -0.05) is 0 Å². The number of hydrogen-bond donors (Lipinski definition) is 3. The van der Waals surface area contributed by atoms with Gasteiger partial charge in [-0.05, 0) is 12.1 Å². The highest BCUT2D eigenvalue weighted by Crippen LogP contribution is 2.18. The van der Waals surface area contributed by atoms with Crippen molar-refractivity contribution in [3.63, 3.8) is 0 Å². The van der Waals surface area contributed by atoms with E-state index in [1.54, 1.807) is 6.33 Å². The van der Waals surface area contributed by atoms with Crippen LogP contribution >= 0.6 is 0 Å². The lowest BCUT2D eigenvalue weighted by molar-refractivity contribution is 0.627. The number of rotatable bonds is 3. The second-order valence-electron chi connectivity index (χ2n) is 4.12. The van der Waals surface area contributed by atoms with E-state index in [2.05, 4.69) is 31.7 Å². The molecular weight excluding hydrogens is 214 g/mol. The quantitative estimate of drug-likeness (QED) is 0.736. The number of hydrogen-bond acceptors (Lipinski definition) is 4. The van der Waals surface area contributed by atoms with E-state index in [1.165, 1.54) is 5.56 Å². The molecule has 0 unspecified atom stereocenters. The van der Waals surface area contributed by atoms with Crippen molar-refractivity contribution in [2.45, 2.75) is 19.5 Å². The minimum absolute atomic E-state index is 0.760. The molecule has 17 heavy (non-hydrogen) atoms. The Labute approximate surface area is 99.7 Å². The van der Waals surface area contributed by atoms with Crippen LogP contribution in [-0.2, 0) is 19.5 Å². The van der Waals surface area contributed by atoms with Gasteiger partial charge in [0.15, 0.2) is 0 Å². The van der Waals surface area contributed by atoms with Crippen LogP contribution in [0.25, 0.3) is 0 Å². The van der Waals surface area contributed by atoms with Crippen LogP contribution in [0.3, 0.4) is 0 Å². The molecule has 3 rings (SSSR count). The normalized spacial score (nSPS) is 14.4. The fraction of sp³-hybridized carbons (Fsp3) is 0.333. The smallest absolute Gasteiger partial charge is 0.134 e. The molecule has 5 nitrogen and oxygen atoms in total. The Bertz CT molecular complexity index is 492. The van der Waals surface area contributed by atoms with Crippen molar-refractivity contribution in [1.29, 1.82) is 0 Å². The van der Waals surface area contributed by atoms with Crippen molar-refractivity contribution in [3.05, 3.63) is 41.6 Å². The van der Waals surface area contributed by atoms with E-state index in [0.717, 1.165) is 43.3 Å². The van der Waals surface area contributed by atoms with Gasteiger partial charge in [-0.25, -0.2) is 9.97 Å².